The lowest BCUT2D eigenvalue weighted by atomic mass is 10.1. The number of aryl methyl sites for hydroxylation is 1. The summed E-state index contributed by atoms with van der Waals surface area (Å²) in [6.45, 7) is 0.615. The molecule has 0 heterocycles. The number of nitrogens with two attached hydrogens (primary N) is 1. The Labute approximate surface area is 114 Å². The van der Waals surface area contributed by atoms with E-state index in [9.17, 15) is 26.4 Å². The van der Waals surface area contributed by atoms with E-state index in [0.717, 1.165) is 19.2 Å². The fourth-order valence-electron chi connectivity index (χ4n) is 1.55. The SMILES string of the molecule is Cc1ccc(S(=O)(=O)N(C)CC(N)=O)cc1C(F)(F)F. The fraction of sp³-hybridized carbons (Fsp3) is 0.364. The van der Waals surface area contributed by atoms with Crippen LogP contribution < -0.4 is 5.73 Å². The zero-order valence-electron chi connectivity index (χ0n) is 10.7. The van der Waals surface area contributed by atoms with Crippen LogP contribution in [0.1, 0.15) is 11.1 Å². The average molecular weight is 310 g/mol. The van der Waals surface area contributed by atoms with Gasteiger partial charge in [-0.1, -0.05) is 6.07 Å². The predicted octanol–water partition coefficient (Wildman–Crippen LogP) is 1.12. The Kier molecular flexibility index (Phi) is 4.45. The van der Waals surface area contributed by atoms with Gasteiger partial charge < -0.3 is 5.73 Å². The van der Waals surface area contributed by atoms with Gasteiger partial charge >= 0.3 is 6.18 Å². The number of likely N-dealkylation sites (N-methyl/N-ethyl adjacent to an activating group) is 1. The number of halogens is 3. The van der Waals surface area contributed by atoms with Crippen LogP contribution in [-0.4, -0.2) is 32.2 Å². The standard InChI is InChI=1S/C11H13F3N2O3S/c1-7-3-4-8(5-9(7)11(12,13)14)20(18,19)16(2)6-10(15)17/h3-5H,6H2,1-2H3,(H2,15,17). The van der Waals surface area contributed by atoms with Gasteiger partial charge in [-0.05, 0) is 24.6 Å². The number of amides is 1. The Hall–Kier alpha value is -1.61. The Morgan fingerprint density at radius 2 is 1.90 bits per heavy atom. The maximum atomic E-state index is 12.7. The topological polar surface area (TPSA) is 80.5 Å². The summed E-state index contributed by atoms with van der Waals surface area (Å²) in [4.78, 5) is 10.2. The molecule has 5 nitrogen and oxygen atoms in total. The highest BCUT2D eigenvalue weighted by Gasteiger charge is 2.34. The van der Waals surface area contributed by atoms with Crippen LogP contribution in [0.5, 0.6) is 0 Å². The van der Waals surface area contributed by atoms with Gasteiger partial charge in [0.05, 0.1) is 17.0 Å². The van der Waals surface area contributed by atoms with E-state index in [0.29, 0.717) is 10.4 Å². The van der Waals surface area contributed by atoms with Crippen molar-refractivity contribution in [2.45, 2.75) is 18.0 Å². The first-order valence-electron chi connectivity index (χ1n) is 5.38. The molecule has 9 heteroatoms. The molecule has 0 saturated heterocycles. The van der Waals surface area contributed by atoms with E-state index in [1.165, 1.54) is 6.92 Å². The molecule has 1 aromatic carbocycles. The highest BCUT2D eigenvalue weighted by atomic mass is 32.2. The zero-order chi connectivity index (χ0) is 15.7. The first-order chi connectivity index (χ1) is 8.96. The Bertz CT molecular complexity index is 626. The summed E-state index contributed by atoms with van der Waals surface area (Å²) in [6.07, 6.45) is -4.65. The van der Waals surface area contributed by atoms with E-state index in [2.05, 4.69) is 0 Å². The third kappa shape index (κ3) is 3.48. The average Bonchev–Trinajstić information content (AvgIpc) is 2.26. The molecular formula is C11H13F3N2O3S. The van der Waals surface area contributed by atoms with E-state index in [1.54, 1.807) is 0 Å². The van der Waals surface area contributed by atoms with Gasteiger partial charge in [0.15, 0.2) is 0 Å². The maximum Gasteiger partial charge on any atom is 0.416 e. The molecule has 0 saturated carbocycles. The lowest BCUT2D eigenvalue weighted by Crippen LogP contribution is -2.35. The number of primary amides is 1. The highest BCUT2D eigenvalue weighted by Crippen LogP contribution is 2.33. The number of carbonyl (C=O) groups is 1. The molecule has 0 aliphatic heterocycles. The van der Waals surface area contributed by atoms with Gasteiger partial charge in [0.25, 0.3) is 0 Å². The molecule has 0 spiro atoms. The van der Waals surface area contributed by atoms with Crippen molar-refractivity contribution in [3.05, 3.63) is 29.3 Å². The molecule has 0 aromatic heterocycles. The second-order valence-electron chi connectivity index (χ2n) is 4.20. The van der Waals surface area contributed by atoms with Gasteiger partial charge in [-0.2, -0.15) is 17.5 Å². The van der Waals surface area contributed by atoms with Crippen LogP contribution in [0.15, 0.2) is 23.1 Å². The lowest BCUT2D eigenvalue weighted by Gasteiger charge is -2.17. The minimum Gasteiger partial charge on any atom is -0.369 e. The van der Waals surface area contributed by atoms with Crippen LogP contribution in [-0.2, 0) is 21.0 Å². The van der Waals surface area contributed by atoms with Crippen molar-refractivity contribution in [3.63, 3.8) is 0 Å². The van der Waals surface area contributed by atoms with E-state index in [1.807, 2.05) is 0 Å². The van der Waals surface area contributed by atoms with Crippen LogP contribution in [0.25, 0.3) is 0 Å². The number of alkyl halides is 3. The van der Waals surface area contributed by atoms with Crippen LogP contribution in [0.4, 0.5) is 13.2 Å². The van der Waals surface area contributed by atoms with Crippen molar-refractivity contribution in [1.82, 2.24) is 4.31 Å². The van der Waals surface area contributed by atoms with Crippen LogP contribution in [0, 0.1) is 6.92 Å². The Balaban J connectivity index is 3.31. The molecule has 0 atom stereocenters. The van der Waals surface area contributed by atoms with Crippen molar-refractivity contribution in [3.8, 4) is 0 Å². The first-order valence-corrected chi connectivity index (χ1v) is 6.82. The van der Waals surface area contributed by atoms with Gasteiger partial charge in [0.2, 0.25) is 15.9 Å². The van der Waals surface area contributed by atoms with Crippen molar-refractivity contribution < 1.29 is 26.4 Å². The molecule has 0 bridgehead atoms. The van der Waals surface area contributed by atoms with Gasteiger partial charge in [-0.15, -0.1) is 0 Å². The zero-order valence-corrected chi connectivity index (χ0v) is 11.5. The molecule has 0 aliphatic rings. The van der Waals surface area contributed by atoms with Crippen molar-refractivity contribution in [1.29, 1.82) is 0 Å². The monoisotopic (exact) mass is 310 g/mol. The molecule has 0 unspecified atom stereocenters. The van der Waals surface area contributed by atoms with Crippen molar-refractivity contribution >= 4 is 15.9 Å². The summed E-state index contributed by atoms with van der Waals surface area (Å²) in [5, 5.41) is 0. The molecule has 0 aliphatic carbocycles. The second kappa shape index (κ2) is 5.41. The summed E-state index contributed by atoms with van der Waals surface area (Å²) >= 11 is 0. The number of nitrogens with zero attached hydrogens (tertiary/aromatic N) is 1. The Morgan fingerprint density at radius 3 is 2.35 bits per heavy atom. The smallest absolute Gasteiger partial charge is 0.369 e. The largest absolute Gasteiger partial charge is 0.416 e. The van der Waals surface area contributed by atoms with Crippen LogP contribution in [0.3, 0.4) is 0 Å². The minimum absolute atomic E-state index is 0.0889. The number of hydrogen-bond acceptors (Lipinski definition) is 3. The van der Waals surface area contributed by atoms with E-state index in [-0.39, 0.29) is 5.56 Å². The van der Waals surface area contributed by atoms with E-state index < -0.39 is 39.1 Å². The molecule has 0 radical (unpaired) electrons. The summed E-state index contributed by atoms with van der Waals surface area (Å²) in [7, 11) is -3.14. The molecule has 0 fully saturated rings. The number of hydrogen-bond donors (Lipinski definition) is 1. The number of rotatable bonds is 4. The third-order valence-corrected chi connectivity index (χ3v) is 4.40. The molecule has 2 N–H and O–H groups in total. The highest BCUT2D eigenvalue weighted by molar-refractivity contribution is 7.89. The minimum atomic E-state index is -4.65. The fourth-order valence-corrected chi connectivity index (χ4v) is 2.72. The molecule has 20 heavy (non-hydrogen) atoms. The van der Waals surface area contributed by atoms with Crippen LogP contribution in [0.2, 0.25) is 0 Å². The summed E-state index contributed by atoms with van der Waals surface area (Å²) < 4.78 is 62.9. The van der Waals surface area contributed by atoms with Gasteiger partial charge in [0.1, 0.15) is 0 Å². The normalized spacial score (nSPS) is 12.7. The Morgan fingerprint density at radius 1 is 1.35 bits per heavy atom. The molecule has 1 aromatic rings. The summed E-state index contributed by atoms with van der Waals surface area (Å²) in [5.74, 6) is -0.903. The second-order valence-corrected chi connectivity index (χ2v) is 6.25. The first kappa shape index (κ1) is 16.4. The quantitative estimate of drug-likeness (QED) is 0.905. The van der Waals surface area contributed by atoms with Crippen molar-refractivity contribution in [2.24, 2.45) is 5.73 Å². The van der Waals surface area contributed by atoms with Crippen molar-refractivity contribution in [2.75, 3.05) is 13.6 Å². The maximum absolute atomic E-state index is 12.7. The number of carbonyl (C=O) groups excluding carboxylic acids is 1. The summed E-state index contributed by atoms with van der Waals surface area (Å²) in [6, 6.07) is 2.66. The molecule has 112 valence electrons. The van der Waals surface area contributed by atoms with E-state index in [4.69, 9.17) is 5.73 Å². The van der Waals surface area contributed by atoms with Gasteiger partial charge in [-0.3, -0.25) is 4.79 Å². The number of sulfonamides is 1. The third-order valence-electron chi connectivity index (χ3n) is 2.60. The summed E-state index contributed by atoms with van der Waals surface area (Å²) in [5.41, 5.74) is 3.74. The number of benzene rings is 1. The van der Waals surface area contributed by atoms with Gasteiger partial charge in [0, 0.05) is 7.05 Å². The lowest BCUT2D eigenvalue weighted by molar-refractivity contribution is -0.138. The molecular weight excluding hydrogens is 297 g/mol. The predicted molar refractivity (Wildman–Crippen MR) is 65.2 cm³/mol. The van der Waals surface area contributed by atoms with Gasteiger partial charge in [-0.25, -0.2) is 8.42 Å². The van der Waals surface area contributed by atoms with E-state index >= 15 is 0 Å². The molecule has 1 rings (SSSR count). The molecule has 1 amide bonds. The van der Waals surface area contributed by atoms with Crippen LogP contribution >= 0.6 is 0 Å².